The van der Waals surface area contributed by atoms with Gasteiger partial charge in [-0.15, -0.1) is 11.3 Å². The topological polar surface area (TPSA) is 225 Å². The first kappa shape index (κ1) is 58.4. The lowest BCUT2D eigenvalue weighted by molar-refractivity contribution is -0.187. The number of ketones is 1. The van der Waals surface area contributed by atoms with E-state index in [1.807, 2.05) is 38.1 Å². The maximum Gasteiger partial charge on any atom is 0.418 e. The number of nitrogens with zero attached hydrogens (tertiary/aromatic N) is 4. The molecule has 1 aromatic heterocycles. The summed E-state index contributed by atoms with van der Waals surface area (Å²) in [5, 5.41) is 19.0. The van der Waals surface area contributed by atoms with Gasteiger partial charge in [-0.05, 0) is 91.1 Å². The number of ether oxygens (including phenoxy) is 1. The largest absolute Gasteiger partial charge is 0.427 e. The molecule has 3 heterocycles. The summed E-state index contributed by atoms with van der Waals surface area (Å²) >= 11 is 1.56. The highest BCUT2D eigenvalue weighted by molar-refractivity contribution is 7.13. The normalized spacial score (nSPS) is 18.6. The summed E-state index contributed by atoms with van der Waals surface area (Å²) in [6.45, 7) is 8.66. The third-order valence-corrected chi connectivity index (χ3v) is 15.9. The number of nitrogens with one attached hydrogen (secondary N) is 3. The number of β-amino-alcohol motifs (C(OH)–C–C–N with tert-alkyl or cyclic N) is 1. The molecule has 2 fully saturated rings. The van der Waals surface area contributed by atoms with Gasteiger partial charge in [0.15, 0.2) is 5.78 Å². The van der Waals surface area contributed by atoms with Gasteiger partial charge in [0.25, 0.3) is 11.8 Å². The number of Topliss-reactive ketones (excluding diaryl/α,β-unsaturated/α-hetero) is 1. The minimum Gasteiger partial charge on any atom is -0.427 e. The van der Waals surface area contributed by atoms with E-state index in [4.69, 9.17) is 4.74 Å². The number of hydrogen-bond donors (Lipinski definition) is 4. The first-order chi connectivity index (χ1) is 37.8. The first-order valence-corrected chi connectivity index (χ1v) is 27.3. The van der Waals surface area contributed by atoms with Crippen LogP contribution in [0.1, 0.15) is 109 Å². The third-order valence-electron chi connectivity index (χ3n) is 14.9. The van der Waals surface area contributed by atoms with Crippen molar-refractivity contribution in [3.05, 3.63) is 141 Å². The average Bonchev–Trinajstić information content (AvgIpc) is 4.19. The maximum absolute atomic E-state index is 14.2. The molecule has 80 heavy (non-hydrogen) atoms. The number of fused-ring (bicyclic) bond motifs is 2. The second-order valence-corrected chi connectivity index (χ2v) is 22.7. The number of aliphatic hydroxyl groups is 1. The lowest BCUT2D eigenvalue weighted by atomic mass is 9.85. The number of carbonyl (C=O) groups excluding carboxylic acids is 8. The molecule has 0 unspecified atom stereocenters. The van der Waals surface area contributed by atoms with Gasteiger partial charge in [-0.1, -0.05) is 93.1 Å². The van der Waals surface area contributed by atoms with Gasteiger partial charge in [0.1, 0.15) is 18.6 Å². The van der Waals surface area contributed by atoms with E-state index in [0.29, 0.717) is 44.2 Å². The van der Waals surface area contributed by atoms with E-state index in [1.54, 1.807) is 92.2 Å². The lowest BCUT2D eigenvalue weighted by Crippen LogP contribution is -2.56. The molecular formula is C59H64F3N7O10S. The second-order valence-electron chi connectivity index (χ2n) is 21.8. The van der Waals surface area contributed by atoms with Crippen molar-refractivity contribution in [2.24, 2.45) is 5.41 Å². The monoisotopic (exact) mass is 1120 g/mol. The number of carbonyl (C=O) groups is 8. The SMILES string of the molecule is Cc1ccc(CN(C(=O)CN2C(=O)O[C@@]3(CCc4cc(NC(=O)CCC(=O)NCc5ccc(C(=O)N[C@H](C(=O)N6C[C@H](O)C[C@H]6C(=O)CCc6ccc(-c7scnc7C)cc6)C(C)(C)C)cc5)ccc43)C2=O)[C@@H](C)C(F)(F)F)cc1. The summed E-state index contributed by atoms with van der Waals surface area (Å²) in [7, 11) is 0. The zero-order chi connectivity index (χ0) is 57.8. The van der Waals surface area contributed by atoms with Gasteiger partial charge in [0.05, 0.1) is 28.2 Å². The number of anilines is 1. The van der Waals surface area contributed by atoms with Crippen LogP contribution in [0, 0.1) is 19.3 Å². The predicted octanol–water partition coefficient (Wildman–Crippen LogP) is 7.87. The Bertz CT molecular complexity index is 3180. The fourth-order valence-electron chi connectivity index (χ4n) is 10.2. The van der Waals surface area contributed by atoms with Crippen LogP contribution in [0.4, 0.5) is 23.7 Å². The zero-order valence-electron chi connectivity index (χ0n) is 45.3. The molecule has 8 rings (SSSR count). The highest BCUT2D eigenvalue weighted by Gasteiger charge is 2.59. The Morgan fingerprint density at radius 1 is 0.875 bits per heavy atom. The minimum atomic E-state index is -4.79. The van der Waals surface area contributed by atoms with E-state index in [0.717, 1.165) is 34.2 Å². The third kappa shape index (κ3) is 13.3. The summed E-state index contributed by atoms with van der Waals surface area (Å²) in [6.07, 6.45) is -6.27. The van der Waals surface area contributed by atoms with E-state index >= 15 is 0 Å². The van der Waals surface area contributed by atoms with Gasteiger partial charge in [0.2, 0.25) is 29.2 Å². The van der Waals surface area contributed by atoms with Crippen LogP contribution in [0.3, 0.4) is 0 Å². The highest BCUT2D eigenvalue weighted by Crippen LogP contribution is 2.46. The molecule has 422 valence electrons. The van der Waals surface area contributed by atoms with Crippen molar-refractivity contribution in [1.82, 2.24) is 30.3 Å². The molecule has 1 aliphatic carbocycles. The van der Waals surface area contributed by atoms with E-state index in [-0.39, 0.29) is 63.0 Å². The van der Waals surface area contributed by atoms with Crippen molar-refractivity contribution in [2.45, 2.75) is 136 Å². The minimum absolute atomic E-state index is 0.000777. The number of imide groups is 1. The fourth-order valence-corrected chi connectivity index (χ4v) is 11.0. The summed E-state index contributed by atoms with van der Waals surface area (Å²) in [5.41, 5.74) is 5.57. The number of amides is 7. The molecule has 0 saturated carbocycles. The first-order valence-electron chi connectivity index (χ1n) is 26.4. The van der Waals surface area contributed by atoms with Crippen molar-refractivity contribution in [3.8, 4) is 10.4 Å². The van der Waals surface area contributed by atoms with Gasteiger partial charge in [-0.25, -0.2) is 14.7 Å². The van der Waals surface area contributed by atoms with Crippen LogP contribution in [-0.2, 0) is 65.0 Å². The number of halogens is 3. The Kier molecular flexibility index (Phi) is 17.4. The number of aromatic nitrogens is 1. The van der Waals surface area contributed by atoms with Gasteiger partial charge in [-0.3, -0.25) is 33.6 Å². The molecule has 2 saturated heterocycles. The molecule has 21 heteroatoms. The fraction of sp³-hybridized carbons (Fsp3) is 0.407. The Morgan fingerprint density at radius 2 is 1.54 bits per heavy atom. The quantitative estimate of drug-likeness (QED) is 0.0623. The Hall–Kier alpha value is -7.78. The number of aliphatic hydroxyl groups excluding tert-OH is 1. The molecule has 7 amide bonds. The second kappa shape index (κ2) is 23.9. The molecule has 4 N–H and O–H groups in total. The summed E-state index contributed by atoms with van der Waals surface area (Å²) in [5.74, 6) is -4.08. The van der Waals surface area contributed by atoms with E-state index in [9.17, 15) is 56.6 Å². The Labute approximate surface area is 465 Å². The predicted molar refractivity (Wildman–Crippen MR) is 290 cm³/mol. The molecule has 4 aromatic carbocycles. The van der Waals surface area contributed by atoms with Crippen molar-refractivity contribution < 1.29 is 61.4 Å². The van der Waals surface area contributed by atoms with Crippen LogP contribution >= 0.6 is 11.3 Å². The molecule has 17 nitrogen and oxygen atoms in total. The van der Waals surface area contributed by atoms with Crippen LogP contribution in [0.2, 0.25) is 0 Å². The van der Waals surface area contributed by atoms with Gasteiger partial charge >= 0.3 is 12.3 Å². The van der Waals surface area contributed by atoms with E-state index < -0.39 is 96.0 Å². The Balaban J connectivity index is 0.793. The summed E-state index contributed by atoms with van der Waals surface area (Å²) in [4.78, 5) is 116. The molecule has 5 aromatic rings. The van der Waals surface area contributed by atoms with Crippen molar-refractivity contribution in [1.29, 1.82) is 0 Å². The van der Waals surface area contributed by atoms with Crippen molar-refractivity contribution in [3.63, 3.8) is 0 Å². The number of hydrogen-bond acceptors (Lipinski definition) is 12. The standard InChI is InChI=1S/C59H64F3N7O10S/c1-34-7-9-39(10-8-34)30-67(36(3)59(60,61)62)50(74)32-69-55(77)58(79-56(69)78)26-25-42-27-43(20-21-45(42)58)65-49(73)24-23-48(72)63-29-38-13-18-41(19-14-38)53(75)66-52(57(4,5)6)54(76)68-31-44(70)28-46(68)47(71)22-15-37-11-16-40(17-12-37)51-35(2)64-33-80-51/h7-14,16-21,27,33,36,44,46,52,70H,15,22-26,28-32H2,1-6H3,(H,63,72)(H,65,73)(H,66,75)/t36-,44+,46-,52+,58+/m0/s1. The van der Waals surface area contributed by atoms with E-state index in [1.165, 1.54) is 17.0 Å². The summed E-state index contributed by atoms with van der Waals surface area (Å²) in [6, 6.07) is 21.4. The smallest absolute Gasteiger partial charge is 0.418 e. The lowest BCUT2D eigenvalue weighted by Gasteiger charge is -2.35. The average molecular weight is 1120 g/mol. The van der Waals surface area contributed by atoms with Gasteiger partial charge < -0.3 is 35.6 Å². The maximum atomic E-state index is 14.2. The molecule has 0 radical (unpaired) electrons. The van der Waals surface area contributed by atoms with Gasteiger partial charge in [-0.2, -0.15) is 13.2 Å². The number of likely N-dealkylation sites (tertiary alicyclic amines) is 1. The zero-order valence-corrected chi connectivity index (χ0v) is 46.1. The molecule has 1 spiro atoms. The van der Waals surface area contributed by atoms with Crippen LogP contribution < -0.4 is 16.0 Å². The number of benzene rings is 4. The number of aryl methyl sites for hydroxylation is 4. The van der Waals surface area contributed by atoms with Crippen LogP contribution in [-0.4, -0.2) is 116 Å². The molecule has 3 aliphatic rings. The molecule has 0 bridgehead atoms. The van der Waals surface area contributed by atoms with Crippen molar-refractivity contribution >= 4 is 64.3 Å². The Morgan fingerprint density at radius 3 is 2.19 bits per heavy atom. The van der Waals surface area contributed by atoms with E-state index in [2.05, 4.69) is 20.9 Å². The molecule has 2 aliphatic heterocycles. The van der Waals surface area contributed by atoms with Crippen LogP contribution in [0.15, 0.2) is 96.5 Å². The highest BCUT2D eigenvalue weighted by atomic mass is 32.1. The molecule has 5 atom stereocenters. The van der Waals surface area contributed by atoms with Gasteiger partial charge in [0, 0.05) is 68.6 Å². The summed E-state index contributed by atoms with van der Waals surface area (Å²) < 4.78 is 47.5. The van der Waals surface area contributed by atoms with Crippen LogP contribution in [0.5, 0.6) is 0 Å². The van der Waals surface area contributed by atoms with Crippen molar-refractivity contribution in [2.75, 3.05) is 18.4 Å². The number of rotatable bonds is 19. The number of alkyl halides is 3. The van der Waals surface area contributed by atoms with Crippen LogP contribution in [0.25, 0.3) is 10.4 Å². The molecular weight excluding hydrogens is 1060 g/mol. The number of thiazole rings is 1.